The van der Waals surface area contributed by atoms with E-state index in [9.17, 15) is 0 Å². The number of H-pyrrole nitrogens is 1. The molecule has 0 aromatic carbocycles. The van der Waals surface area contributed by atoms with Crippen molar-refractivity contribution in [2.24, 2.45) is 0 Å². The highest BCUT2D eigenvalue weighted by Crippen LogP contribution is 2.31. The first-order chi connectivity index (χ1) is 12.3. The topological polar surface area (TPSA) is 71.8 Å². The Morgan fingerprint density at radius 3 is 2.88 bits per heavy atom. The molecule has 5 aromatic rings. The molecule has 0 spiro atoms. The van der Waals surface area contributed by atoms with Gasteiger partial charge in [0.1, 0.15) is 12.0 Å². The van der Waals surface area contributed by atoms with Crippen LogP contribution in [0.1, 0.15) is 5.56 Å². The van der Waals surface area contributed by atoms with Gasteiger partial charge in [-0.2, -0.15) is 5.10 Å². The van der Waals surface area contributed by atoms with E-state index in [4.69, 9.17) is 0 Å². The second kappa shape index (κ2) is 5.24. The Bertz CT molecular complexity index is 1220. The Morgan fingerprint density at radius 2 is 1.96 bits per heavy atom. The molecule has 1 N–H and O–H groups in total. The van der Waals surface area contributed by atoms with E-state index in [2.05, 4.69) is 38.0 Å². The van der Waals surface area contributed by atoms with Crippen molar-refractivity contribution in [3.63, 3.8) is 0 Å². The van der Waals surface area contributed by atoms with Gasteiger partial charge in [-0.05, 0) is 42.3 Å². The first kappa shape index (κ1) is 13.9. The van der Waals surface area contributed by atoms with E-state index >= 15 is 0 Å². The summed E-state index contributed by atoms with van der Waals surface area (Å²) >= 11 is 0. The van der Waals surface area contributed by atoms with Crippen molar-refractivity contribution in [1.82, 2.24) is 29.5 Å². The van der Waals surface area contributed by atoms with Gasteiger partial charge >= 0.3 is 0 Å². The molecule has 0 saturated carbocycles. The molecule has 0 aliphatic carbocycles. The summed E-state index contributed by atoms with van der Waals surface area (Å²) in [4.78, 5) is 16.3. The SMILES string of the molecule is Cc1ccncc1-c1cnc2[nH]cc(-c3ccn4ncnc4c3)c2c1. The lowest BCUT2D eigenvalue weighted by atomic mass is 10.0. The van der Waals surface area contributed by atoms with E-state index < -0.39 is 0 Å². The molecule has 120 valence electrons. The lowest BCUT2D eigenvalue weighted by Gasteiger charge is -2.06. The summed E-state index contributed by atoms with van der Waals surface area (Å²) in [5, 5.41) is 5.22. The minimum absolute atomic E-state index is 0.819. The number of hydrogen-bond donors (Lipinski definition) is 1. The largest absolute Gasteiger partial charge is 0.346 e. The van der Waals surface area contributed by atoms with Gasteiger partial charge in [-0.15, -0.1) is 0 Å². The molecule has 0 radical (unpaired) electrons. The van der Waals surface area contributed by atoms with E-state index in [0.717, 1.165) is 38.9 Å². The highest BCUT2D eigenvalue weighted by Gasteiger charge is 2.11. The van der Waals surface area contributed by atoms with Crippen molar-refractivity contribution in [1.29, 1.82) is 0 Å². The van der Waals surface area contributed by atoms with Crippen LogP contribution in [0.2, 0.25) is 0 Å². The molecule has 5 rings (SSSR count). The molecule has 0 atom stereocenters. The first-order valence-corrected chi connectivity index (χ1v) is 7.97. The number of aromatic amines is 1. The van der Waals surface area contributed by atoms with Crippen LogP contribution in [0.4, 0.5) is 0 Å². The molecular weight excluding hydrogens is 312 g/mol. The van der Waals surface area contributed by atoms with Crippen LogP contribution in [0.5, 0.6) is 0 Å². The summed E-state index contributed by atoms with van der Waals surface area (Å²) in [5.74, 6) is 0. The number of aryl methyl sites for hydroxylation is 1. The van der Waals surface area contributed by atoms with Crippen molar-refractivity contribution in [3.05, 3.63) is 67.1 Å². The fourth-order valence-electron chi connectivity index (χ4n) is 3.14. The van der Waals surface area contributed by atoms with Gasteiger partial charge in [-0.1, -0.05) is 0 Å². The quantitative estimate of drug-likeness (QED) is 0.537. The molecule has 6 heteroatoms. The van der Waals surface area contributed by atoms with E-state index in [1.54, 1.807) is 17.0 Å². The molecule has 5 heterocycles. The zero-order chi connectivity index (χ0) is 16.8. The summed E-state index contributed by atoms with van der Waals surface area (Å²) < 4.78 is 1.75. The smallest absolute Gasteiger partial charge is 0.155 e. The third kappa shape index (κ3) is 2.19. The van der Waals surface area contributed by atoms with E-state index in [0.29, 0.717) is 0 Å². The lowest BCUT2D eigenvalue weighted by Crippen LogP contribution is -1.88. The molecule has 0 saturated heterocycles. The highest BCUT2D eigenvalue weighted by atomic mass is 15.3. The summed E-state index contributed by atoms with van der Waals surface area (Å²) in [6.45, 7) is 2.08. The monoisotopic (exact) mass is 326 g/mol. The molecule has 0 amide bonds. The van der Waals surface area contributed by atoms with Gasteiger partial charge in [0.25, 0.3) is 0 Å². The van der Waals surface area contributed by atoms with Crippen molar-refractivity contribution < 1.29 is 0 Å². The Balaban J connectivity index is 1.71. The minimum atomic E-state index is 0.819. The maximum atomic E-state index is 4.58. The van der Waals surface area contributed by atoms with E-state index in [-0.39, 0.29) is 0 Å². The minimum Gasteiger partial charge on any atom is -0.346 e. The molecule has 25 heavy (non-hydrogen) atoms. The van der Waals surface area contributed by atoms with E-state index in [1.807, 2.05) is 43.0 Å². The van der Waals surface area contributed by atoms with Crippen LogP contribution in [0.25, 0.3) is 38.9 Å². The second-order valence-electron chi connectivity index (χ2n) is 5.99. The first-order valence-electron chi connectivity index (χ1n) is 7.97. The van der Waals surface area contributed by atoms with Crippen molar-refractivity contribution in [2.45, 2.75) is 6.92 Å². The number of pyridine rings is 3. The maximum Gasteiger partial charge on any atom is 0.155 e. The van der Waals surface area contributed by atoms with Crippen molar-refractivity contribution >= 4 is 16.7 Å². The molecule has 6 nitrogen and oxygen atoms in total. The summed E-state index contributed by atoms with van der Waals surface area (Å²) in [5.41, 5.74) is 7.18. The van der Waals surface area contributed by atoms with Crippen LogP contribution in [-0.2, 0) is 0 Å². The normalized spacial score (nSPS) is 11.4. The van der Waals surface area contributed by atoms with E-state index in [1.165, 1.54) is 5.56 Å². The molecule has 0 fully saturated rings. The molecule has 5 aromatic heterocycles. The van der Waals surface area contributed by atoms with Gasteiger partial charge in [0.2, 0.25) is 0 Å². The number of nitrogens with zero attached hydrogens (tertiary/aromatic N) is 5. The van der Waals surface area contributed by atoms with Crippen molar-refractivity contribution in [2.75, 3.05) is 0 Å². The van der Waals surface area contributed by atoms with Gasteiger partial charge in [-0.25, -0.2) is 14.5 Å². The van der Waals surface area contributed by atoms with Gasteiger partial charge in [0.15, 0.2) is 5.65 Å². The highest BCUT2D eigenvalue weighted by molar-refractivity contribution is 5.96. The number of hydrogen-bond acceptors (Lipinski definition) is 4. The number of nitrogens with one attached hydrogen (secondary N) is 1. The third-order valence-corrected chi connectivity index (χ3v) is 4.47. The molecule has 0 unspecified atom stereocenters. The fraction of sp³-hybridized carbons (Fsp3) is 0.0526. The Morgan fingerprint density at radius 1 is 1.00 bits per heavy atom. The summed E-state index contributed by atoms with van der Waals surface area (Å²) in [7, 11) is 0. The fourth-order valence-corrected chi connectivity index (χ4v) is 3.14. The van der Waals surface area contributed by atoms with Crippen molar-refractivity contribution in [3.8, 4) is 22.3 Å². The number of aromatic nitrogens is 6. The second-order valence-corrected chi connectivity index (χ2v) is 5.99. The van der Waals surface area contributed by atoms with Gasteiger partial charge in [-0.3, -0.25) is 4.98 Å². The zero-order valence-electron chi connectivity index (χ0n) is 13.5. The zero-order valence-corrected chi connectivity index (χ0v) is 13.5. The summed E-state index contributed by atoms with van der Waals surface area (Å²) in [6.07, 6.45) is 11.0. The standard InChI is InChI=1S/C19H14N6/c1-12-2-4-20-9-16(12)14-6-15-17(10-22-19(15)21-8-14)13-3-5-25-18(7-13)23-11-24-25/h2-11H,1H3,(H,21,22). The third-order valence-electron chi connectivity index (χ3n) is 4.47. The lowest BCUT2D eigenvalue weighted by molar-refractivity contribution is 0.962. The van der Waals surface area contributed by atoms with Crippen LogP contribution in [0.3, 0.4) is 0 Å². The number of fused-ring (bicyclic) bond motifs is 2. The van der Waals surface area contributed by atoms with Crippen LogP contribution in [0, 0.1) is 6.92 Å². The van der Waals surface area contributed by atoms with Gasteiger partial charge in [0.05, 0.1) is 0 Å². The Kier molecular flexibility index (Phi) is 2.90. The number of rotatable bonds is 2. The average molecular weight is 326 g/mol. The average Bonchev–Trinajstić information content (AvgIpc) is 3.27. The summed E-state index contributed by atoms with van der Waals surface area (Å²) in [6, 6.07) is 8.23. The molecule has 0 aliphatic rings. The Labute approximate surface area is 143 Å². The predicted octanol–water partition coefficient (Wildman–Crippen LogP) is 3.64. The molecular formula is C19H14N6. The van der Waals surface area contributed by atoms with Gasteiger partial charge < -0.3 is 4.98 Å². The molecule has 0 bridgehead atoms. The van der Waals surface area contributed by atoms with Crippen LogP contribution < -0.4 is 0 Å². The van der Waals surface area contributed by atoms with Crippen LogP contribution in [0.15, 0.2) is 61.6 Å². The Hall–Kier alpha value is -3.54. The van der Waals surface area contributed by atoms with Gasteiger partial charge in [0, 0.05) is 53.1 Å². The maximum absolute atomic E-state index is 4.58. The van der Waals surface area contributed by atoms with Crippen LogP contribution in [-0.4, -0.2) is 29.5 Å². The predicted molar refractivity (Wildman–Crippen MR) is 96.0 cm³/mol. The van der Waals surface area contributed by atoms with Crippen LogP contribution >= 0.6 is 0 Å². The molecule has 0 aliphatic heterocycles.